The first kappa shape index (κ1) is 11.2. The third kappa shape index (κ3) is 3.50. The molecule has 1 nitrogen and oxygen atoms in total. The lowest BCUT2D eigenvalue weighted by molar-refractivity contribution is -0.158. The van der Waals surface area contributed by atoms with Crippen molar-refractivity contribution in [3.8, 4) is 5.75 Å². The summed E-state index contributed by atoms with van der Waals surface area (Å²) in [5.74, 6) is 0.0989. The van der Waals surface area contributed by atoms with E-state index in [1.54, 1.807) is 12.1 Å². The second-order valence-corrected chi connectivity index (χ2v) is 3.50. The molecule has 0 N–H and O–H groups in total. The fraction of sp³-hybridized carbons (Fsp3) is 0.400. The second kappa shape index (κ2) is 4.13. The maximum atomic E-state index is 12.5. The Morgan fingerprint density at radius 2 is 2.00 bits per heavy atom. The smallest absolute Gasteiger partial charge is 0.394 e. The van der Waals surface area contributed by atoms with Crippen LogP contribution >= 0.6 is 11.6 Å². The van der Waals surface area contributed by atoms with E-state index in [0.29, 0.717) is 11.9 Å². The fourth-order valence-electron chi connectivity index (χ4n) is 1.09. The van der Waals surface area contributed by atoms with Crippen LogP contribution in [0.4, 0.5) is 8.78 Å². The Balaban J connectivity index is 2.92. The molecular weight excluding hydrogens is 210 g/mol. The van der Waals surface area contributed by atoms with Crippen LogP contribution in [0.5, 0.6) is 5.75 Å². The average Bonchev–Trinajstić information content (AvgIpc) is 1.99. The van der Waals surface area contributed by atoms with E-state index in [2.05, 4.69) is 4.74 Å². The highest BCUT2D eigenvalue weighted by Gasteiger charge is 2.23. The van der Waals surface area contributed by atoms with E-state index in [9.17, 15) is 8.78 Å². The first-order chi connectivity index (χ1) is 6.40. The van der Waals surface area contributed by atoms with E-state index >= 15 is 0 Å². The molecule has 0 spiro atoms. The largest absolute Gasteiger partial charge is 0.433 e. The van der Waals surface area contributed by atoms with Gasteiger partial charge >= 0.3 is 6.11 Å². The van der Waals surface area contributed by atoms with Crippen molar-refractivity contribution in [3.63, 3.8) is 0 Å². The highest BCUT2D eigenvalue weighted by molar-refractivity contribution is 6.30. The van der Waals surface area contributed by atoms with Crippen molar-refractivity contribution in [2.75, 3.05) is 0 Å². The van der Waals surface area contributed by atoms with Gasteiger partial charge in [-0.3, -0.25) is 0 Å². The van der Waals surface area contributed by atoms with Gasteiger partial charge in [0.1, 0.15) is 5.75 Å². The van der Waals surface area contributed by atoms with Gasteiger partial charge in [-0.2, -0.15) is 8.78 Å². The zero-order chi connectivity index (χ0) is 10.8. The molecule has 1 aromatic rings. The van der Waals surface area contributed by atoms with Gasteiger partial charge in [0, 0.05) is 11.9 Å². The summed E-state index contributed by atoms with van der Waals surface area (Å²) < 4.78 is 29.4. The van der Waals surface area contributed by atoms with Crippen LogP contribution in [-0.2, 0) is 6.42 Å². The highest BCUT2D eigenvalue weighted by Crippen LogP contribution is 2.26. The van der Waals surface area contributed by atoms with Gasteiger partial charge in [0.05, 0.1) is 0 Å². The number of rotatable bonds is 3. The number of hydrogen-bond acceptors (Lipinski definition) is 1. The lowest BCUT2D eigenvalue weighted by Crippen LogP contribution is -2.19. The standard InChI is InChI=1S/C10H11ClF2O/c1-3-7-4-8(11)6-9(5-7)14-10(2,12)13/h4-6H,3H2,1-2H3. The predicted molar refractivity (Wildman–Crippen MR) is 52.1 cm³/mol. The van der Waals surface area contributed by atoms with Crippen molar-refractivity contribution in [2.45, 2.75) is 26.4 Å². The first-order valence-corrected chi connectivity index (χ1v) is 4.65. The summed E-state index contributed by atoms with van der Waals surface area (Å²) in [5, 5.41) is 0.406. The third-order valence-electron chi connectivity index (χ3n) is 1.64. The van der Waals surface area contributed by atoms with Crippen molar-refractivity contribution in [1.82, 2.24) is 0 Å². The molecule has 0 radical (unpaired) electrons. The number of aryl methyl sites for hydroxylation is 1. The zero-order valence-electron chi connectivity index (χ0n) is 7.98. The number of ether oxygens (including phenoxy) is 1. The van der Waals surface area contributed by atoms with Gasteiger partial charge in [0.15, 0.2) is 0 Å². The van der Waals surface area contributed by atoms with Gasteiger partial charge in [-0.05, 0) is 30.2 Å². The minimum absolute atomic E-state index is 0.0989. The Bertz CT molecular complexity index is 320. The molecule has 4 heteroatoms. The Morgan fingerprint density at radius 3 is 2.50 bits per heavy atom. The van der Waals surface area contributed by atoms with Gasteiger partial charge in [-0.15, -0.1) is 0 Å². The topological polar surface area (TPSA) is 9.23 Å². The van der Waals surface area contributed by atoms with E-state index in [0.717, 1.165) is 12.0 Å². The summed E-state index contributed by atoms with van der Waals surface area (Å²) in [6.45, 7) is 2.61. The maximum absolute atomic E-state index is 12.5. The summed E-state index contributed by atoms with van der Waals surface area (Å²) in [6, 6.07) is 4.66. The van der Waals surface area contributed by atoms with E-state index < -0.39 is 6.11 Å². The molecule has 14 heavy (non-hydrogen) atoms. The molecule has 0 unspecified atom stereocenters. The minimum atomic E-state index is -3.17. The van der Waals surface area contributed by atoms with Gasteiger partial charge in [0.25, 0.3) is 0 Å². The van der Waals surface area contributed by atoms with Gasteiger partial charge in [-0.25, -0.2) is 0 Å². The Hall–Kier alpha value is -0.830. The molecule has 0 saturated carbocycles. The summed E-state index contributed by atoms with van der Waals surface area (Å²) in [6.07, 6.45) is -2.44. The van der Waals surface area contributed by atoms with Gasteiger partial charge < -0.3 is 4.74 Å². The molecule has 1 aromatic carbocycles. The molecule has 0 aliphatic heterocycles. The number of benzene rings is 1. The van der Waals surface area contributed by atoms with Crippen LogP contribution in [0.3, 0.4) is 0 Å². The first-order valence-electron chi connectivity index (χ1n) is 4.27. The Morgan fingerprint density at radius 1 is 1.36 bits per heavy atom. The van der Waals surface area contributed by atoms with Crippen molar-refractivity contribution in [1.29, 1.82) is 0 Å². The molecule has 0 fully saturated rings. The van der Waals surface area contributed by atoms with Crippen LogP contribution in [0, 0.1) is 0 Å². The number of hydrogen-bond donors (Lipinski definition) is 0. The molecule has 0 saturated heterocycles. The molecule has 0 bridgehead atoms. The monoisotopic (exact) mass is 220 g/mol. The van der Waals surface area contributed by atoms with Crippen LogP contribution in [0.2, 0.25) is 5.02 Å². The van der Waals surface area contributed by atoms with Crippen LogP contribution in [-0.4, -0.2) is 6.11 Å². The summed E-state index contributed by atoms with van der Waals surface area (Å²) in [7, 11) is 0. The number of alkyl halides is 2. The normalized spacial score (nSPS) is 11.5. The molecule has 1 rings (SSSR count). The summed E-state index contributed by atoms with van der Waals surface area (Å²) in [4.78, 5) is 0. The van der Waals surface area contributed by atoms with Crippen LogP contribution in [0.1, 0.15) is 19.4 Å². The molecule has 0 atom stereocenters. The Labute approximate surface area is 86.6 Å². The summed E-state index contributed by atoms with van der Waals surface area (Å²) >= 11 is 5.73. The molecule has 0 aromatic heterocycles. The fourth-order valence-corrected chi connectivity index (χ4v) is 1.34. The summed E-state index contributed by atoms with van der Waals surface area (Å²) in [5.41, 5.74) is 0.872. The predicted octanol–water partition coefficient (Wildman–Crippen LogP) is 3.89. The van der Waals surface area contributed by atoms with Crippen LogP contribution in [0.15, 0.2) is 18.2 Å². The van der Waals surface area contributed by atoms with E-state index in [1.807, 2.05) is 6.92 Å². The number of halogens is 3. The molecular formula is C10H11ClF2O. The average molecular weight is 221 g/mol. The minimum Gasteiger partial charge on any atom is -0.433 e. The van der Waals surface area contributed by atoms with Crippen molar-refractivity contribution in [2.24, 2.45) is 0 Å². The van der Waals surface area contributed by atoms with E-state index in [4.69, 9.17) is 11.6 Å². The van der Waals surface area contributed by atoms with E-state index in [1.165, 1.54) is 6.07 Å². The quantitative estimate of drug-likeness (QED) is 0.751. The lowest BCUT2D eigenvalue weighted by Gasteiger charge is -2.13. The van der Waals surface area contributed by atoms with Crippen molar-refractivity contribution in [3.05, 3.63) is 28.8 Å². The third-order valence-corrected chi connectivity index (χ3v) is 1.85. The lowest BCUT2D eigenvalue weighted by atomic mass is 10.2. The van der Waals surface area contributed by atoms with Gasteiger partial charge in [0.2, 0.25) is 0 Å². The van der Waals surface area contributed by atoms with Crippen LogP contribution < -0.4 is 4.74 Å². The Kier molecular flexibility index (Phi) is 3.32. The molecule has 0 amide bonds. The molecule has 78 valence electrons. The van der Waals surface area contributed by atoms with Crippen LogP contribution in [0.25, 0.3) is 0 Å². The highest BCUT2D eigenvalue weighted by atomic mass is 35.5. The molecule has 0 aliphatic carbocycles. The SMILES string of the molecule is CCc1cc(Cl)cc(OC(C)(F)F)c1. The van der Waals surface area contributed by atoms with Gasteiger partial charge in [-0.1, -0.05) is 18.5 Å². The van der Waals surface area contributed by atoms with Crippen molar-refractivity contribution >= 4 is 11.6 Å². The van der Waals surface area contributed by atoms with Crippen molar-refractivity contribution < 1.29 is 13.5 Å². The maximum Gasteiger partial charge on any atom is 0.394 e. The molecule has 0 aliphatic rings. The second-order valence-electron chi connectivity index (χ2n) is 3.06. The molecule has 0 heterocycles. The van der Waals surface area contributed by atoms with E-state index in [-0.39, 0.29) is 5.75 Å². The zero-order valence-corrected chi connectivity index (χ0v) is 8.74.